The summed E-state index contributed by atoms with van der Waals surface area (Å²) in [5.74, 6) is -1.28. The van der Waals surface area contributed by atoms with E-state index < -0.39 is 5.97 Å². The Balaban J connectivity index is 2.18. The maximum atomic E-state index is 12.2. The molecule has 0 aliphatic carbocycles. The van der Waals surface area contributed by atoms with Gasteiger partial charge in [-0.05, 0) is 31.9 Å². The summed E-state index contributed by atoms with van der Waals surface area (Å²) >= 11 is 1.00. The number of carbonyl (C=O) groups is 2. The number of carboxylic acids is 1. The summed E-state index contributed by atoms with van der Waals surface area (Å²) in [6.07, 6.45) is 2.44. The summed E-state index contributed by atoms with van der Waals surface area (Å²) in [5.41, 5.74) is 2.06. The molecule has 6 heteroatoms. The quantitative estimate of drug-likeness (QED) is 0.850. The summed E-state index contributed by atoms with van der Waals surface area (Å²) in [4.78, 5) is 27.9. The zero-order chi connectivity index (χ0) is 16.1. The first kappa shape index (κ1) is 16.2. The third kappa shape index (κ3) is 3.92. The lowest BCUT2D eigenvalue weighted by Gasteiger charge is -2.02. The SMILES string of the molecule is CCCCc1nc(NC(=O)c2cccc(C)c2)sc1C(=O)O. The number of nitrogens with zero attached hydrogens (tertiary/aromatic N) is 1. The molecule has 5 nitrogen and oxygen atoms in total. The van der Waals surface area contributed by atoms with E-state index in [0.29, 0.717) is 22.8 Å². The van der Waals surface area contributed by atoms with Crippen LogP contribution in [0, 0.1) is 6.92 Å². The minimum Gasteiger partial charge on any atom is -0.477 e. The number of thiazole rings is 1. The van der Waals surface area contributed by atoms with Gasteiger partial charge in [-0.25, -0.2) is 9.78 Å². The molecule has 22 heavy (non-hydrogen) atoms. The molecule has 0 fully saturated rings. The van der Waals surface area contributed by atoms with Crippen LogP contribution in [-0.4, -0.2) is 22.0 Å². The Kier molecular flexibility index (Phi) is 5.27. The fourth-order valence-electron chi connectivity index (χ4n) is 2.04. The van der Waals surface area contributed by atoms with Gasteiger partial charge in [0.1, 0.15) is 4.88 Å². The molecule has 1 aromatic heterocycles. The summed E-state index contributed by atoms with van der Waals surface area (Å²) in [7, 11) is 0. The number of carboxylic acid groups (broad SMARTS) is 1. The van der Waals surface area contributed by atoms with Crippen molar-refractivity contribution in [3.8, 4) is 0 Å². The van der Waals surface area contributed by atoms with Crippen LogP contribution in [0.3, 0.4) is 0 Å². The van der Waals surface area contributed by atoms with Gasteiger partial charge in [-0.15, -0.1) is 0 Å². The fraction of sp³-hybridized carbons (Fsp3) is 0.312. The Labute approximate surface area is 133 Å². The average Bonchev–Trinajstić information content (AvgIpc) is 2.88. The van der Waals surface area contributed by atoms with Gasteiger partial charge in [-0.2, -0.15) is 0 Å². The highest BCUT2D eigenvalue weighted by molar-refractivity contribution is 7.17. The van der Waals surface area contributed by atoms with Crippen LogP contribution in [0.25, 0.3) is 0 Å². The van der Waals surface area contributed by atoms with Crippen LogP contribution >= 0.6 is 11.3 Å². The predicted molar refractivity (Wildman–Crippen MR) is 86.8 cm³/mol. The topological polar surface area (TPSA) is 79.3 Å². The van der Waals surface area contributed by atoms with E-state index in [9.17, 15) is 14.7 Å². The van der Waals surface area contributed by atoms with E-state index in [-0.39, 0.29) is 10.8 Å². The van der Waals surface area contributed by atoms with Crippen molar-refractivity contribution in [3.05, 3.63) is 46.0 Å². The van der Waals surface area contributed by atoms with Gasteiger partial charge in [-0.3, -0.25) is 10.1 Å². The Morgan fingerprint density at radius 2 is 2.14 bits per heavy atom. The maximum Gasteiger partial charge on any atom is 0.347 e. The van der Waals surface area contributed by atoms with Crippen LogP contribution in [0.1, 0.15) is 51.1 Å². The van der Waals surface area contributed by atoms with Crippen LogP contribution in [-0.2, 0) is 6.42 Å². The summed E-state index contributed by atoms with van der Waals surface area (Å²) < 4.78 is 0. The molecule has 0 radical (unpaired) electrons. The monoisotopic (exact) mass is 318 g/mol. The van der Waals surface area contributed by atoms with Crippen LogP contribution in [0.4, 0.5) is 5.13 Å². The molecule has 0 unspecified atom stereocenters. The number of amides is 1. The van der Waals surface area contributed by atoms with E-state index in [4.69, 9.17) is 0 Å². The molecule has 0 spiro atoms. The number of aryl methyl sites for hydroxylation is 2. The maximum absolute atomic E-state index is 12.2. The van der Waals surface area contributed by atoms with Crippen LogP contribution < -0.4 is 5.32 Å². The first-order valence-electron chi connectivity index (χ1n) is 7.12. The molecule has 1 amide bonds. The van der Waals surface area contributed by atoms with Crippen molar-refractivity contribution < 1.29 is 14.7 Å². The molecular weight excluding hydrogens is 300 g/mol. The van der Waals surface area contributed by atoms with Crippen molar-refractivity contribution in [2.24, 2.45) is 0 Å². The van der Waals surface area contributed by atoms with E-state index in [0.717, 1.165) is 29.7 Å². The lowest BCUT2D eigenvalue weighted by molar-refractivity contribution is 0.0700. The number of carbonyl (C=O) groups excluding carboxylic acids is 1. The van der Waals surface area contributed by atoms with E-state index in [1.165, 1.54) is 0 Å². The Morgan fingerprint density at radius 1 is 1.36 bits per heavy atom. The molecule has 2 aromatic rings. The third-order valence-electron chi connectivity index (χ3n) is 3.16. The number of nitrogens with one attached hydrogen (secondary N) is 1. The van der Waals surface area contributed by atoms with Gasteiger partial charge in [0.2, 0.25) is 0 Å². The second kappa shape index (κ2) is 7.17. The average molecular weight is 318 g/mol. The van der Waals surface area contributed by atoms with Gasteiger partial charge in [0.05, 0.1) is 5.69 Å². The van der Waals surface area contributed by atoms with Crippen molar-refractivity contribution in [1.82, 2.24) is 4.98 Å². The number of hydrogen-bond acceptors (Lipinski definition) is 4. The van der Waals surface area contributed by atoms with Crippen LogP contribution in [0.15, 0.2) is 24.3 Å². The standard InChI is InChI=1S/C16H18N2O3S/c1-3-4-8-12-13(15(20)21)22-16(17-12)18-14(19)11-7-5-6-10(2)9-11/h5-7,9H,3-4,8H2,1-2H3,(H,20,21)(H,17,18,19). The van der Waals surface area contributed by atoms with Gasteiger partial charge in [-0.1, -0.05) is 42.4 Å². The molecule has 116 valence electrons. The summed E-state index contributed by atoms with van der Waals surface area (Å²) in [6, 6.07) is 7.21. The van der Waals surface area contributed by atoms with E-state index in [1.54, 1.807) is 18.2 Å². The lowest BCUT2D eigenvalue weighted by atomic mass is 10.1. The minimum atomic E-state index is -1.00. The first-order chi connectivity index (χ1) is 10.5. The van der Waals surface area contributed by atoms with Crippen LogP contribution in [0.5, 0.6) is 0 Å². The number of rotatable bonds is 6. The molecule has 0 bridgehead atoms. The van der Waals surface area contributed by atoms with Crippen molar-refractivity contribution in [3.63, 3.8) is 0 Å². The van der Waals surface area contributed by atoms with Crippen molar-refractivity contribution in [1.29, 1.82) is 0 Å². The highest BCUT2D eigenvalue weighted by Gasteiger charge is 2.18. The normalized spacial score (nSPS) is 10.5. The summed E-state index contributed by atoms with van der Waals surface area (Å²) in [6.45, 7) is 3.94. The number of anilines is 1. The smallest absolute Gasteiger partial charge is 0.347 e. The molecule has 0 aliphatic rings. The van der Waals surface area contributed by atoms with E-state index in [1.807, 2.05) is 19.9 Å². The van der Waals surface area contributed by atoms with E-state index >= 15 is 0 Å². The Hall–Kier alpha value is -2.21. The molecule has 2 rings (SSSR count). The molecule has 0 atom stereocenters. The zero-order valence-corrected chi connectivity index (χ0v) is 13.4. The van der Waals surface area contributed by atoms with Crippen LogP contribution in [0.2, 0.25) is 0 Å². The number of benzene rings is 1. The third-order valence-corrected chi connectivity index (χ3v) is 4.16. The Morgan fingerprint density at radius 3 is 2.77 bits per heavy atom. The van der Waals surface area contributed by atoms with E-state index in [2.05, 4.69) is 10.3 Å². The highest BCUT2D eigenvalue weighted by atomic mass is 32.1. The molecule has 0 saturated carbocycles. The van der Waals surface area contributed by atoms with Gasteiger partial charge in [0.25, 0.3) is 5.91 Å². The molecular formula is C16H18N2O3S. The largest absolute Gasteiger partial charge is 0.477 e. The number of hydrogen-bond donors (Lipinski definition) is 2. The number of unbranched alkanes of at least 4 members (excludes halogenated alkanes) is 1. The number of aromatic carboxylic acids is 1. The second-order valence-corrected chi connectivity index (χ2v) is 6.03. The van der Waals surface area contributed by atoms with Gasteiger partial charge < -0.3 is 5.11 Å². The second-order valence-electron chi connectivity index (χ2n) is 5.03. The lowest BCUT2D eigenvalue weighted by Crippen LogP contribution is -2.11. The van der Waals surface area contributed by atoms with Crippen molar-refractivity contribution in [2.45, 2.75) is 33.1 Å². The molecule has 1 heterocycles. The van der Waals surface area contributed by atoms with Gasteiger partial charge in [0.15, 0.2) is 5.13 Å². The molecule has 2 N–H and O–H groups in total. The highest BCUT2D eigenvalue weighted by Crippen LogP contribution is 2.25. The minimum absolute atomic E-state index is 0.202. The van der Waals surface area contributed by atoms with Crippen molar-refractivity contribution in [2.75, 3.05) is 5.32 Å². The zero-order valence-electron chi connectivity index (χ0n) is 12.5. The number of aromatic nitrogens is 1. The first-order valence-corrected chi connectivity index (χ1v) is 7.94. The summed E-state index contributed by atoms with van der Waals surface area (Å²) in [5, 5.41) is 12.2. The molecule has 1 aromatic carbocycles. The fourth-order valence-corrected chi connectivity index (χ4v) is 2.89. The van der Waals surface area contributed by atoms with Gasteiger partial charge in [0, 0.05) is 5.56 Å². The predicted octanol–water partition coefficient (Wildman–Crippen LogP) is 3.74. The molecule has 0 saturated heterocycles. The van der Waals surface area contributed by atoms with Gasteiger partial charge >= 0.3 is 5.97 Å². The Bertz CT molecular complexity index is 694. The van der Waals surface area contributed by atoms with Crippen molar-refractivity contribution >= 4 is 28.3 Å². The molecule has 0 aliphatic heterocycles.